The first-order chi connectivity index (χ1) is 15.2. The normalized spacial score (nSPS) is 20.0. The van der Waals surface area contributed by atoms with Crippen molar-refractivity contribution in [3.8, 4) is 11.1 Å². The van der Waals surface area contributed by atoms with Gasteiger partial charge >= 0.3 is 137 Å². The molecule has 3 aliphatic heterocycles. The molecule has 0 N–H and O–H groups in total. The summed E-state index contributed by atoms with van der Waals surface area (Å²) >= 11 is 1.59. The number of benzene rings is 2. The van der Waals surface area contributed by atoms with Gasteiger partial charge in [0.25, 0.3) is 0 Å². The third kappa shape index (κ3) is 4.17. The molecular formula is C29H30Cl2NSiZr. The SMILES string of the molecule is CC1=C2C3=CC=NC3=C1[Si]2(C)C.CC1=Cc2c(-c3ccc(C(C)C)cc3)cccc2[CH]1[Zr+2].[Cl-].[Cl-]. The van der Waals surface area contributed by atoms with Crippen molar-refractivity contribution >= 4 is 20.4 Å². The molecule has 1 atom stereocenters. The van der Waals surface area contributed by atoms with Crippen LogP contribution in [-0.4, -0.2) is 14.3 Å². The van der Waals surface area contributed by atoms with Gasteiger partial charge in [-0.1, -0.05) is 13.1 Å². The zero-order chi connectivity index (χ0) is 22.8. The summed E-state index contributed by atoms with van der Waals surface area (Å²) in [6.45, 7) is 13.8. The van der Waals surface area contributed by atoms with Crippen LogP contribution in [0.3, 0.4) is 0 Å². The van der Waals surface area contributed by atoms with Crippen molar-refractivity contribution in [2.75, 3.05) is 0 Å². The van der Waals surface area contributed by atoms with Crippen molar-refractivity contribution in [3.05, 3.63) is 98.0 Å². The summed E-state index contributed by atoms with van der Waals surface area (Å²) in [5.41, 5.74) is 12.8. The van der Waals surface area contributed by atoms with E-state index < -0.39 is 8.07 Å². The van der Waals surface area contributed by atoms with E-state index in [1.807, 2.05) is 6.21 Å². The second-order valence-electron chi connectivity index (χ2n) is 10.1. The third-order valence-electron chi connectivity index (χ3n) is 7.37. The number of nitrogens with zero attached hydrogens (tertiary/aromatic N) is 1. The second kappa shape index (κ2) is 10.0. The molecule has 0 amide bonds. The maximum absolute atomic E-state index is 4.42. The number of aliphatic imine (C=N–C) groups is 1. The van der Waals surface area contributed by atoms with Crippen LogP contribution in [0.25, 0.3) is 17.2 Å². The fourth-order valence-electron chi connectivity index (χ4n) is 5.72. The van der Waals surface area contributed by atoms with E-state index >= 15 is 0 Å². The molecule has 5 aliphatic rings. The van der Waals surface area contributed by atoms with Gasteiger partial charge in [0.1, 0.15) is 8.07 Å². The zero-order valence-electron chi connectivity index (χ0n) is 20.6. The topological polar surface area (TPSA) is 12.4 Å². The minimum absolute atomic E-state index is 0. The van der Waals surface area contributed by atoms with Crippen molar-refractivity contribution in [2.24, 2.45) is 4.99 Å². The molecule has 2 aromatic rings. The maximum atomic E-state index is 4.42. The predicted octanol–water partition coefficient (Wildman–Crippen LogP) is 1.87. The van der Waals surface area contributed by atoms with E-state index in [1.165, 1.54) is 50.2 Å². The van der Waals surface area contributed by atoms with Gasteiger partial charge in [-0.05, 0) is 29.0 Å². The molecule has 2 aliphatic carbocycles. The molecule has 1 nitrogen and oxygen atoms in total. The summed E-state index contributed by atoms with van der Waals surface area (Å²) in [6, 6.07) is 15.8. The molecule has 0 spiro atoms. The summed E-state index contributed by atoms with van der Waals surface area (Å²) in [6.07, 6.45) is 6.48. The Kier molecular flexibility index (Phi) is 8.05. The summed E-state index contributed by atoms with van der Waals surface area (Å²) in [4.78, 5) is 4.42. The number of fused-ring (bicyclic) bond motifs is 1. The first-order valence-electron chi connectivity index (χ1n) is 11.6. The van der Waals surface area contributed by atoms with Gasteiger partial charge in [-0.25, -0.2) is 0 Å². The Morgan fingerprint density at radius 3 is 2.21 bits per heavy atom. The maximum Gasteiger partial charge on any atom is -1.00 e. The zero-order valence-corrected chi connectivity index (χ0v) is 25.6. The van der Waals surface area contributed by atoms with E-state index in [4.69, 9.17) is 0 Å². The van der Waals surface area contributed by atoms with Crippen molar-refractivity contribution in [1.82, 2.24) is 0 Å². The Balaban J connectivity index is 0.000000199. The molecule has 0 aromatic heterocycles. The molecule has 0 radical (unpaired) electrons. The van der Waals surface area contributed by atoms with Crippen LogP contribution in [-0.2, 0) is 24.7 Å². The Bertz CT molecular complexity index is 1290. The van der Waals surface area contributed by atoms with Crippen LogP contribution in [0.1, 0.15) is 53.9 Å². The number of halogens is 2. The van der Waals surface area contributed by atoms with Gasteiger partial charge in [0.15, 0.2) is 0 Å². The Labute approximate surface area is 232 Å². The summed E-state index contributed by atoms with van der Waals surface area (Å²) in [7, 11) is -1.13. The summed E-state index contributed by atoms with van der Waals surface area (Å²) in [5, 5.41) is 3.27. The molecule has 0 saturated heterocycles. The number of hydrogen-bond acceptors (Lipinski definition) is 1. The Morgan fingerprint density at radius 2 is 1.62 bits per heavy atom. The van der Waals surface area contributed by atoms with Gasteiger partial charge in [-0.3, -0.25) is 4.99 Å². The van der Waals surface area contributed by atoms with E-state index in [-0.39, 0.29) is 24.8 Å². The first kappa shape index (κ1) is 27.3. The van der Waals surface area contributed by atoms with Crippen LogP contribution in [0.15, 0.2) is 86.3 Å². The summed E-state index contributed by atoms with van der Waals surface area (Å²) in [5.74, 6) is 0.594. The summed E-state index contributed by atoms with van der Waals surface area (Å²) < 4.78 is 0.645. The fourth-order valence-corrected chi connectivity index (χ4v) is 10.4. The largest absolute Gasteiger partial charge is 1.00 e. The van der Waals surface area contributed by atoms with E-state index in [0.717, 1.165) is 0 Å². The van der Waals surface area contributed by atoms with Gasteiger partial charge < -0.3 is 24.8 Å². The molecule has 7 rings (SSSR count). The average Bonchev–Trinajstić information content (AvgIpc) is 3.45. The van der Waals surface area contributed by atoms with Crippen LogP contribution in [0.4, 0.5) is 0 Å². The van der Waals surface area contributed by atoms with Crippen LogP contribution >= 0.6 is 0 Å². The van der Waals surface area contributed by atoms with Gasteiger partial charge in [-0.15, -0.1) is 0 Å². The molecule has 1 unspecified atom stereocenters. The molecule has 0 saturated carbocycles. The van der Waals surface area contributed by atoms with Crippen molar-refractivity contribution in [3.63, 3.8) is 0 Å². The molecular weight excluding hydrogens is 553 g/mol. The Hall–Kier alpha value is -1.25. The standard InChI is InChI=1S/C19H19.C10H11NSi.2ClH.Zr/c1-13(2)15-7-9-16(10-8-15)18-6-4-5-17-11-14(3)12-19(17)18;1-6-9-7-4-5-11-8(7)10(6)12(9,2)3;;;/h4-13H,1-3H3;4-5H,1-3H3;2*1H;/q;;;;+2/p-2. The molecule has 34 heavy (non-hydrogen) atoms. The molecule has 2 bridgehead atoms. The van der Waals surface area contributed by atoms with Gasteiger partial charge in [0.2, 0.25) is 0 Å². The van der Waals surface area contributed by atoms with Crippen LogP contribution in [0, 0.1) is 0 Å². The van der Waals surface area contributed by atoms with Crippen LogP contribution in [0.5, 0.6) is 0 Å². The average molecular weight is 583 g/mol. The molecule has 173 valence electrons. The molecule has 2 aromatic carbocycles. The first-order valence-corrected chi connectivity index (χ1v) is 16.0. The molecule has 3 heterocycles. The van der Waals surface area contributed by atoms with E-state index in [2.05, 4.69) is 100 Å². The van der Waals surface area contributed by atoms with Crippen molar-refractivity contribution in [1.29, 1.82) is 0 Å². The van der Waals surface area contributed by atoms with E-state index in [0.29, 0.717) is 9.54 Å². The van der Waals surface area contributed by atoms with Gasteiger partial charge in [0, 0.05) is 11.8 Å². The number of allylic oxidation sites excluding steroid dienone is 5. The van der Waals surface area contributed by atoms with Crippen molar-refractivity contribution in [2.45, 2.75) is 50.3 Å². The van der Waals surface area contributed by atoms with Crippen LogP contribution in [0.2, 0.25) is 13.1 Å². The predicted molar refractivity (Wildman–Crippen MR) is 136 cm³/mol. The minimum atomic E-state index is -1.13. The Morgan fingerprint density at radius 1 is 0.941 bits per heavy atom. The monoisotopic (exact) mass is 580 g/mol. The minimum Gasteiger partial charge on any atom is -1.00 e. The third-order valence-corrected chi connectivity index (χ3v) is 13.0. The smallest absolute Gasteiger partial charge is 1.00 e. The quantitative estimate of drug-likeness (QED) is 0.480. The second-order valence-corrected chi connectivity index (χ2v) is 15.8. The van der Waals surface area contributed by atoms with Gasteiger partial charge in [0.05, 0.1) is 5.70 Å². The fraction of sp³-hybridized carbons (Fsp3) is 0.276. The van der Waals surface area contributed by atoms with Crippen molar-refractivity contribution < 1.29 is 49.5 Å². The van der Waals surface area contributed by atoms with Crippen LogP contribution < -0.4 is 24.8 Å². The molecule has 0 fully saturated rings. The van der Waals surface area contributed by atoms with E-state index in [9.17, 15) is 0 Å². The number of rotatable bonds is 2. The molecule has 5 heteroatoms. The van der Waals surface area contributed by atoms with Gasteiger partial charge in [-0.2, -0.15) is 0 Å². The number of hydrogen-bond donors (Lipinski definition) is 0. The van der Waals surface area contributed by atoms with E-state index in [1.54, 1.807) is 35.1 Å².